The van der Waals surface area contributed by atoms with Gasteiger partial charge in [0, 0.05) is 6.20 Å². The van der Waals surface area contributed by atoms with Gasteiger partial charge < -0.3 is 31.5 Å². The molecule has 2 heterocycles. The molecular weight excluding hydrogens is 284 g/mol. The van der Waals surface area contributed by atoms with Crippen molar-refractivity contribution in [3.63, 3.8) is 0 Å². The van der Waals surface area contributed by atoms with Gasteiger partial charge in [0.1, 0.15) is 23.6 Å². The van der Waals surface area contributed by atoms with Crippen molar-refractivity contribution in [1.82, 2.24) is 9.55 Å². The van der Waals surface area contributed by atoms with Gasteiger partial charge in [-0.1, -0.05) is 0 Å². The van der Waals surface area contributed by atoms with E-state index in [0.29, 0.717) is 0 Å². The molecule has 4 atom stereocenters. The number of aromatic nitrogens is 2. The summed E-state index contributed by atoms with van der Waals surface area (Å²) in [4.78, 5) is 26.3. The van der Waals surface area contributed by atoms with Gasteiger partial charge in [-0.15, -0.1) is 0 Å². The van der Waals surface area contributed by atoms with E-state index in [-0.39, 0.29) is 5.82 Å². The predicted molar refractivity (Wildman–Crippen MR) is 68.7 cm³/mol. The molecule has 0 aliphatic carbocycles. The SMILES string of the molecule is NC(=O)C[C@]1(O)[C@@H](CO)O[C@@H](n2ccc(N)nc2=O)[C@@H]1O. The first-order valence-corrected chi connectivity index (χ1v) is 6.09. The number of hydrogen-bond donors (Lipinski definition) is 5. The second-order valence-corrected chi connectivity index (χ2v) is 4.82. The van der Waals surface area contributed by atoms with Crippen LogP contribution >= 0.6 is 0 Å². The fourth-order valence-corrected chi connectivity index (χ4v) is 2.33. The number of ether oxygens (including phenoxy) is 1. The zero-order valence-electron chi connectivity index (χ0n) is 10.9. The highest BCUT2D eigenvalue weighted by Crippen LogP contribution is 2.38. The van der Waals surface area contributed by atoms with Crippen molar-refractivity contribution < 1.29 is 24.9 Å². The summed E-state index contributed by atoms with van der Waals surface area (Å²) in [6, 6.07) is 1.30. The van der Waals surface area contributed by atoms with Gasteiger partial charge >= 0.3 is 5.69 Å². The lowest BCUT2D eigenvalue weighted by Gasteiger charge is -2.28. The zero-order valence-corrected chi connectivity index (χ0v) is 10.9. The summed E-state index contributed by atoms with van der Waals surface area (Å²) in [6.07, 6.45) is -3.68. The lowest BCUT2D eigenvalue weighted by molar-refractivity contribution is -0.134. The third-order valence-corrected chi connectivity index (χ3v) is 3.39. The third kappa shape index (κ3) is 2.61. The van der Waals surface area contributed by atoms with Crippen molar-refractivity contribution in [2.24, 2.45) is 5.73 Å². The molecule has 1 saturated heterocycles. The van der Waals surface area contributed by atoms with Crippen LogP contribution < -0.4 is 17.2 Å². The maximum absolute atomic E-state index is 11.7. The Morgan fingerprint density at radius 1 is 1.57 bits per heavy atom. The summed E-state index contributed by atoms with van der Waals surface area (Å²) in [5.74, 6) is -0.906. The second-order valence-electron chi connectivity index (χ2n) is 4.82. The van der Waals surface area contributed by atoms with Crippen LogP contribution in [0.15, 0.2) is 17.1 Å². The molecule has 1 aliphatic rings. The van der Waals surface area contributed by atoms with E-state index in [1.54, 1.807) is 0 Å². The number of carbonyl (C=O) groups is 1. The molecule has 1 fully saturated rings. The predicted octanol–water partition coefficient (Wildman–Crippen LogP) is -3.32. The molecule has 0 unspecified atom stereocenters. The lowest BCUT2D eigenvalue weighted by Crippen LogP contribution is -2.51. The number of primary amides is 1. The highest BCUT2D eigenvalue weighted by molar-refractivity contribution is 5.75. The molecular formula is C11H16N4O6. The molecule has 0 aromatic carbocycles. The monoisotopic (exact) mass is 300 g/mol. The number of nitrogens with two attached hydrogens (primary N) is 2. The van der Waals surface area contributed by atoms with Crippen LogP contribution in [0.4, 0.5) is 5.82 Å². The van der Waals surface area contributed by atoms with Crippen LogP contribution in [-0.2, 0) is 9.53 Å². The van der Waals surface area contributed by atoms with Gasteiger partial charge in [-0.05, 0) is 6.07 Å². The number of nitrogens with zero attached hydrogens (tertiary/aromatic N) is 2. The molecule has 1 aliphatic heterocycles. The fourth-order valence-electron chi connectivity index (χ4n) is 2.33. The molecule has 2 rings (SSSR count). The fraction of sp³-hybridized carbons (Fsp3) is 0.545. The van der Waals surface area contributed by atoms with Crippen molar-refractivity contribution in [2.75, 3.05) is 12.3 Å². The van der Waals surface area contributed by atoms with Gasteiger partial charge in [-0.3, -0.25) is 9.36 Å². The van der Waals surface area contributed by atoms with Gasteiger partial charge in [-0.2, -0.15) is 4.98 Å². The van der Waals surface area contributed by atoms with Crippen LogP contribution in [0.1, 0.15) is 12.6 Å². The Kier molecular flexibility index (Phi) is 3.96. The molecule has 0 saturated carbocycles. The quantitative estimate of drug-likeness (QED) is 0.384. The third-order valence-electron chi connectivity index (χ3n) is 3.39. The summed E-state index contributed by atoms with van der Waals surface area (Å²) in [5, 5.41) is 29.8. The first kappa shape index (κ1) is 15.4. The average Bonchev–Trinajstić information content (AvgIpc) is 2.62. The molecule has 10 nitrogen and oxygen atoms in total. The van der Waals surface area contributed by atoms with E-state index in [9.17, 15) is 24.9 Å². The Labute approximate surface area is 118 Å². The van der Waals surface area contributed by atoms with Gasteiger partial charge in [0.15, 0.2) is 6.23 Å². The van der Waals surface area contributed by atoms with E-state index in [1.807, 2.05) is 0 Å². The zero-order chi connectivity index (χ0) is 15.8. The number of rotatable bonds is 4. The molecule has 1 amide bonds. The normalized spacial score (nSPS) is 32.2. The van der Waals surface area contributed by atoms with Crippen molar-refractivity contribution in [3.8, 4) is 0 Å². The maximum atomic E-state index is 11.7. The number of amides is 1. The van der Waals surface area contributed by atoms with Crippen LogP contribution in [0.5, 0.6) is 0 Å². The average molecular weight is 300 g/mol. The second kappa shape index (κ2) is 5.41. The lowest BCUT2D eigenvalue weighted by atomic mass is 9.88. The van der Waals surface area contributed by atoms with E-state index >= 15 is 0 Å². The molecule has 1 aromatic rings. The van der Waals surface area contributed by atoms with E-state index < -0.39 is 48.7 Å². The number of aliphatic hydroxyl groups excluding tert-OH is 2. The summed E-state index contributed by atoms with van der Waals surface area (Å²) in [7, 11) is 0. The van der Waals surface area contributed by atoms with Crippen LogP contribution in [0.2, 0.25) is 0 Å². The van der Waals surface area contributed by atoms with Crippen molar-refractivity contribution in [1.29, 1.82) is 0 Å². The smallest absolute Gasteiger partial charge is 0.351 e. The first-order valence-electron chi connectivity index (χ1n) is 6.09. The maximum Gasteiger partial charge on any atom is 0.351 e. The molecule has 7 N–H and O–H groups in total. The molecule has 1 aromatic heterocycles. The van der Waals surface area contributed by atoms with Gasteiger partial charge in [0.2, 0.25) is 5.91 Å². The molecule has 0 spiro atoms. The summed E-state index contributed by atoms with van der Waals surface area (Å²) < 4.78 is 6.18. The Hall–Kier alpha value is -2.01. The topological polar surface area (TPSA) is 174 Å². The summed E-state index contributed by atoms with van der Waals surface area (Å²) in [6.45, 7) is -0.672. The van der Waals surface area contributed by atoms with E-state index in [2.05, 4.69) is 4.98 Å². The van der Waals surface area contributed by atoms with Gasteiger partial charge in [0.05, 0.1) is 13.0 Å². The Morgan fingerprint density at radius 3 is 2.76 bits per heavy atom. The molecule has 116 valence electrons. The molecule has 0 radical (unpaired) electrons. The Morgan fingerprint density at radius 2 is 2.24 bits per heavy atom. The minimum Gasteiger partial charge on any atom is -0.394 e. The van der Waals surface area contributed by atoms with E-state index in [1.165, 1.54) is 12.3 Å². The molecule has 0 bridgehead atoms. The first-order chi connectivity index (χ1) is 9.79. The van der Waals surface area contributed by atoms with Gasteiger partial charge in [-0.25, -0.2) is 4.79 Å². The number of carbonyl (C=O) groups excluding carboxylic acids is 1. The van der Waals surface area contributed by atoms with Crippen LogP contribution in [0, 0.1) is 0 Å². The Balaban J connectivity index is 2.39. The largest absolute Gasteiger partial charge is 0.394 e. The van der Waals surface area contributed by atoms with E-state index in [4.69, 9.17) is 16.2 Å². The van der Waals surface area contributed by atoms with Crippen molar-refractivity contribution >= 4 is 11.7 Å². The standard InChI is InChI=1S/C11H16N4O6/c12-6-1-2-15(10(19)14-6)9-8(18)11(20,3-7(13)17)5(4-16)21-9/h1-2,5,8-9,16,18,20H,3-4H2,(H2,13,17)(H2,12,14,19)/t5-,8+,9-,11+/m1/s1. The Bertz CT molecular complexity index is 605. The van der Waals surface area contributed by atoms with Crippen molar-refractivity contribution in [2.45, 2.75) is 30.5 Å². The van der Waals surface area contributed by atoms with E-state index in [0.717, 1.165) is 4.57 Å². The van der Waals surface area contributed by atoms with Gasteiger partial charge in [0.25, 0.3) is 0 Å². The number of aliphatic hydroxyl groups is 3. The highest BCUT2D eigenvalue weighted by Gasteiger charge is 2.56. The summed E-state index contributed by atoms with van der Waals surface area (Å²) >= 11 is 0. The number of anilines is 1. The number of nitrogen functional groups attached to an aromatic ring is 1. The van der Waals surface area contributed by atoms with Crippen LogP contribution in [0.25, 0.3) is 0 Å². The van der Waals surface area contributed by atoms with Crippen molar-refractivity contribution in [3.05, 3.63) is 22.7 Å². The highest BCUT2D eigenvalue weighted by atomic mass is 16.6. The van der Waals surface area contributed by atoms with Crippen LogP contribution in [0.3, 0.4) is 0 Å². The minimum absolute atomic E-state index is 0.0187. The molecule has 21 heavy (non-hydrogen) atoms. The number of hydrogen-bond acceptors (Lipinski definition) is 8. The minimum atomic E-state index is -2.11. The molecule has 10 heteroatoms. The summed E-state index contributed by atoms with van der Waals surface area (Å²) in [5.41, 5.74) is 7.47. The van der Waals surface area contributed by atoms with Crippen LogP contribution in [-0.4, -0.2) is 55.2 Å².